The lowest BCUT2D eigenvalue weighted by molar-refractivity contribution is -0.118. The zero-order chi connectivity index (χ0) is 22.8. The van der Waals surface area contributed by atoms with Gasteiger partial charge in [-0.2, -0.15) is 18.1 Å². The number of nitrogens with two attached hydrogens (primary N) is 1. The van der Waals surface area contributed by atoms with Crippen LogP contribution in [0.5, 0.6) is 0 Å². The van der Waals surface area contributed by atoms with E-state index >= 15 is 0 Å². The molecule has 0 spiro atoms. The minimum absolute atomic E-state index is 0.106. The molecule has 4 rings (SSSR count). The molecule has 1 aliphatic heterocycles. The molecule has 1 aromatic heterocycles. The van der Waals surface area contributed by atoms with Gasteiger partial charge in [-0.3, -0.25) is 4.79 Å². The Morgan fingerprint density at radius 1 is 1.03 bits per heavy atom. The number of hydrogen-bond acceptors (Lipinski definition) is 5. The second-order valence-corrected chi connectivity index (χ2v) is 7.64. The molecule has 2 N–H and O–H groups in total. The van der Waals surface area contributed by atoms with Gasteiger partial charge in [-0.1, -0.05) is 24.3 Å². The van der Waals surface area contributed by atoms with E-state index in [4.69, 9.17) is 5.73 Å². The number of nitrogens with zero attached hydrogens (tertiary/aromatic N) is 5. The summed E-state index contributed by atoms with van der Waals surface area (Å²) in [6.07, 6.45) is -0.732. The number of aryl methyl sites for hydroxylation is 1. The topological polar surface area (TPSA) is 99.0 Å². The van der Waals surface area contributed by atoms with E-state index in [1.807, 2.05) is 36.4 Å². The maximum absolute atomic E-state index is 12.8. The molecule has 0 atom stereocenters. The van der Waals surface area contributed by atoms with E-state index < -0.39 is 18.3 Å². The highest BCUT2D eigenvalue weighted by Crippen LogP contribution is 2.31. The molecule has 3 aromatic rings. The predicted molar refractivity (Wildman–Crippen MR) is 115 cm³/mol. The van der Waals surface area contributed by atoms with E-state index in [0.717, 1.165) is 37.3 Å². The van der Waals surface area contributed by atoms with Crippen molar-refractivity contribution in [2.45, 2.75) is 25.9 Å². The maximum Gasteiger partial charge on any atom is 0.364 e. The fraction of sp³-hybridized carbons (Fsp3) is 0.273. The number of tetrazole rings is 1. The Labute approximate surface area is 182 Å². The molecule has 0 bridgehead atoms. The van der Waals surface area contributed by atoms with Gasteiger partial charge in [0, 0.05) is 31.3 Å². The molecule has 8 nitrogen and oxygen atoms in total. The second kappa shape index (κ2) is 8.83. The Morgan fingerprint density at radius 2 is 1.78 bits per heavy atom. The summed E-state index contributed by atoms with van der Waals surface area (Å²) in [5.41, 5.74) is 9.15. The Morgan fingerprint density at radius 3 is 2.53 bits per heavy atom. The van der Waals surface area contributed by atoms with E-state index in [1.165, 1.54) is 0 Å². The summed E-state index contributed by atoms with van der Waals surface area (Å²) >= 11 is 0. The number of anilines is 1. The average molecular weight is 440 g/mol. The summed E-state index contributed by atoms with van der Waals surface area (Å²) in [4.78, 5) is 26.1. The summed E-state index contributed by atoms with van der Waals surface area (Å²) in [5, 5.41) is 7.49. The summed E-state index contributed by atoms with van der Waals surface area (Å²) in [6.45, 7) is -0.618. The third kappa shape index (κ3) is 4.22. The third-order valence-corrected chi connectivity index (χ3v) is 5.57. The summed E-state index contributed by atoms with van der Waals surface area (Å²) < 4.78 is 27.7. The van der Waals surface area contributed by atoms with Gasteiger partial charge >= 0.3 is 5.69 Å². The zero-order valence-electron chi connectivity index (χ0n) is 17.5. The van der Waals surface area contributed by atoms with Crippen molar-refractivity contribution in [3.63, 3.8) is 0 Å². The Hall–Kier alpha value is -3.66. The zero-order valence-corrected chi connectivity index (χ0v) is 17.5. The number of fused-ring (bicyclic) bond motifs is 1. The van der Waals surface area contributed by atoms with Crippen molar-refractivity contribution in [3.05, 3.63) is 75.7 Å². The van der Waals surface area contributed by atoms with Crippen molar-refractivity contribution in [2.75, 3.05) is 18.5 Å². The van der Waals surface area contributed by atoms with Crippen LogP contribution in [0.2, 0.25) is 0 Å². The van der Waals surface area contributed by atoms with Crippen LogP contribution in [0.15, 0.2) is 58.9 Å². The molecule has 0 aliphatic carbocycles. The van der Waals surface area contributed by atoms with Crippen LogP contribution in [0.4, 0.5) is 14.5 Å². The first-order valence-corrected chi connectivity index (χ1v) is 10.1. The van der Waals surface area contributed by atoms with Gasteiger partial charge in [0.2, 0.25) is 5.91 Å². The van der Waals surface area contributed by atoms with Gasteiger partial charge < -0.3 is 10.6 Å². The maximum atomic E-state index is 12.8. The quantitative estimate of drug-likeness (QED) is 0.634. The molecule has 32 heavy (non-hydrogen) atoms. The summed E-state index contributed by atoms with van der Waals surface area (Å²) in [5.74, 6) is 0.106. The normalized spacial score (nSPS) is 13.2. The Balaban J connectivity index is 1.57. The SMILES string of the molecule is CN1C(=O)CCc2cc(-c3cccc(Cn4nnn(CC(CN)=C(F)F)c4=O)c3)ccc21. The smallest absolute Gasteiger partial charge is 0.327 e. The van der Waals surface area contributed by atoms with Gasteiger partial charge in [-0.05, 0) is 57.3 Å². The lowest BCUT2D eigenvalue weighted by atomic mass is 9.95. The average Bonchev–Trinajstić information content (AvgIpc) is 3.13. The third-order valence-electron chi connectivity index (χ3n) is 5.57. The fourth-order valence-electron chi connectivity index (χ4n) is 3.75. The molecule has 10 heteroatoms. The molecule has 0 fully saturated rings. The number of amides is 1. The van der Waals surface area contributed by atoms with Gasteiger partial charge in [0.05, 0.1) is 13.1 Å². The van der Waals surface area contributed by atoms with Crippen molar-refractivity contribution in [2.24, 2.45) is 5.73 Å². The molecular weight excluding hydrogens is 418 g/mol. The highest BCUT2D eigenvalue weighted by Gasteiger charge is 2.21. The summed E-state index contributed by atoms with van der Waals surface area (Å²) in [6, 6.07) is 13.6. The largest absolute Gasteiger partial charge is 0.364 e. The van der Waals surface area contributed by atoms with Crippen molar-refractivity contribution in [1.29, 1.82) is 0 Å². The van der Waals surface area contributed by atoms with Crippen LogP contribution in [0.25, 0.3) is 11.1 Å². The van der Waals surface area contributed by atoms with Gasteiger partial charge in [-0.25, -0.2) is 4.79 Å². The highest BCUT2D eigenvalue weighted by molar-refractivity contribution is 5.96. The molecule has 166 valence electrons. The van der Waals surface area contributed by atoms with Gasteiger partial charge in [0.15, 0.2) is 0 Å². The van der Waals surface area contributed by atoms with E-state index in [-0.39, 0.29) is 24.6 Å². The Bertz CT molecular complexity index is 1260. The van der Waals surface area contributed by atoms with Crippen LogP contribution in [-0.4, -0.2) is 39.3 Å². The number of halogens is 2. The van der Waals surface area contributed by atoms with Crippen LogP contribution in [-0.2, 0) is 24.3 Å². The lowest BCUT2D eigenvalue weighted by Crippen LogP contribution is -2.30. The Kier molecular flexibility index (Phi) is 5.95. The molecule has 2 aromatic carbocycles. The van der Waals surface area contributed by atoms with Crippen molar-refractivity contribution < 1.29 is 13.6 Å². The van der Waals surface area contributed by atoms with E-state index in [2.05, 4.69) is 16.5 Å². The molecule has 0 saturated heterocycles. The van der Waals surface area contributed by atoms with E-state index in [0.29, 0.717) is 12.8 Å². The number of hydrogen-bond donors (Lipinski definition) is 1. The standard InChI is InChI=1S/C22H22F2N6O2/c1-28-19-7-5-16(10-17(19)6-8-20(28)31)15-4-2-3-14(9-15)12-29-22(32)30(27-26-29)13-18(11-25)21(23)24/h2-5,7,9-10H,6,8,11-13,25H2,1H3. The minimum atomic E-state index is -1.91. The van der Waals surface area contributed by atoms with Crippen LogP contribution in [0.3, 0.4) is 0 Å². The van der Waals surface area contributed by atoms with Crippen LogP contribution in [0, 0.1) is 0 Å². The number of benzene rings is 2. The van der Waals surface area contributed by atoms with Gasteiger partial charge in [-0.15, -0.1) is 0 Å². The van der Waals surface area contributed by atoms with E-state index in [9.17, 15) is 18.4 Å². The highest BCUT2D eigenvalue weighted by atomic mass is 19.3. The first kappa shape index (κ1) is 21.6. The molecule has 1 amide bonds. The monoisotopic (exact) mass is 440 g/mol. The van der Waals surface area contributed by atoms with Crippen molar-refractivity contribution in [1.82, 2.24) is 19.8 Å². The van der Waals surface area contributed by atoms with Crippen LogP contribution in [0.1, 0.15) is 17.5 Å². The van der Waals surface area contributed by atoms with Crippen molar-refractivity contribution in [3.8, 4) is 11.1 Å². The number of carbonyl (C=O) groups excluding carboxylic acids is 1. The molecular formula is C22H22F2N6O2. The number of carbonyl (C=O) groups is 1. The molecule has 0 radical (unpaired) electrons. The van der Waals surface area contributed by atoms with Crippen LogP contribution < -0.4 is 16.3 Å². The lowest BCUT2D eigenvalue weighted by Gasteiger charge is -2.26. The molecule has 2 heterocycles. The fourth-order valence-corrected chi connectivity index (χ4v) is 3.75. The molecule has 0 unspecified atom stereocenters. The summed E-state index contributed by atoms with van der Waals surface area (Å²) in [7, 11) is 1.78. The van der Waals surface area contributed by atoms with Gasteiger partial charge in [0.1, 0.15) is 0 Å². The number of aromatic nitrogens is 4. The molecule has 0 saturated carbocycles. The van der Waals surface area contributed by atoms with Crippen molar-refractivity contribution >= 4 is 11.6 Å². The van der Waals surface area contributed by atoms with Crippen LogP contribution >= 0.6 is 0 Å². The van der Waals surface area contributed by atoms with Gasteiger partial charge in [0.25, 0.3) is 6.08 Å². The van der Waals surface area contributed by atoms with E-state index in [1.54, 1.807) is 11.9 Å². The second-order valence-electron chi connectivity index (χ2n) is 7.64. The predicted octanol–water partition coefficient (Wildman–Crippen LogP) is 2.17. The number of rotatable bonds is 6. The first-order chi connectivity index (χ1) is 15.4. The molecule has 1 aliphatic rings. The first-order valence-electron chi connectivity index (χ1n) is 10.1. The minimum Gasteiger partial charge on any atom is -0.327 e.